The Morgan fingerprint density at radius 3 is 3.08 bits per heavy atom. The topological polar surface area (TPSA) is 47.8 Å². The third kappa shape index (κ3) is 0.887. The lowest BCUT2D eigenvalue weighted by Gasteiger charge is -1.97. The average molecular weight is 161 g/mol. The summed E-state index contributed by atoms with van der Waals surface area (Å²) in [6.45, 7) is 0. The van der Waals surface area contributed by atoms with Crippen LogP contribution in [0, 0.1) is 0 Å². The fourth-order valence-electron chi connectivity index (χ4n) is 1.07. The second-order valence-corrected chi connectivity index (χ2v) is 2.54. The van der Waals surface area contributed by atoms with Gasteiger partial charge in [0.1, 0.15) is 0 Å². The van der Waals surface area contributed by atoms with Gasteiger partial charge >= 0.3 is 0 Å². The van der Waals surface area contributed by atoms with Crippen LogP contribution in [0.2, 0.25) is 0 Å². The molecule has 4 heteroatoms. The van der Waals surface area contributed by atoms with Gasteiger partial charge in [-0.15, -0.1) is 0 Å². The summed E-state index contributed by atoms with van der Waals surface area (Å²) in [5.41, 5.74) is -0.111. The van der Waals surface area contributed by atoms with E-state index in [4.69, 9.17) is 0 Å². The van der Waals surface area contributed by atoms with Crippen molar-refractivity contribution in [2.24, 2.45) is 7.05 Å². The van der Waals surface area contributed by atoms with E-state index in [9.17, 15) is 4.79 Å². The predicted octanol–water partition coefficient (Wildman–Crippen LogP) is 0.328. The lowest BCUT2D eigenvalue weighted by molar-refractivity contribution is 0.718. The van der Waals surface area contributed by atoms with E-state index >= 15 is 0 Å². The number of aryl methyl sites for hydroxylation is 1. The summed E-state index contributed by atoms with van der Waals surface area (Å²) < 4.78 is 1.30. The summed E-state index contributed by atoms with van der Waals surface area (Å²) in [6.07, 6.45) is 4.85. The van der Waals surface area contributed by atoms with Crippen molar-refractivity contribution in [1.82, 2.24) is 14.8 Å². The lowest BCUT2D eigenvalue weighted by Crippen LogP contribution is -2.18. The van der Waals surface area contributed by atoms with Crippen LogP contribution in [0.25, 0.3) is 10.8 Å². The molecule has 0 aliphatic rings. The molecule has 2 aromatic heterocycles. The molecule has 0 spiro atoms. The van der Waals surface area contributed by atoms with E-state index < -0.39 is 0 Å². The number of fused-ring (bicyclic) bond motifs is 1. The fraction of sp³-hybridized carbons (Fsp3) is 0.125. The first kappa shape index (κ1) is 6.97. The van der Waals surface area contributed by atoms with Gasteiger partial charge in [0.2, 0.25) is 0 Å². The van der Waals surface area contributed by atoms with E-state index in [1.165, 1.54) is 4.68 Å². The zero-order valence-electron chi connectivity index (χ0n) is 6.56. The second kappa shape index (κ2) is 2.41. The maximum atomic E-state index is 11.4. The highest BCUT2D eigenvalue weighted by Crippen LogP contribution is 2.03. The van der Waals surface area contributed by atoms with Gasteiger partial charge in [0.15, 0.2) is 0 Å². The van der Waals surface area contributed by atoms with E-state index in [0.29, 0.717) is 5.39 Å². The van der Waals surface area contributed by atoms with Crippen molar-refractivity contribution in [1.29, 1.82) is 0 Å². The number of pyridine rings is 1. The minimum Gasteiger partial charge on any atom is -0.267 e. The van der Waals surface area contributed by atoms with Gasteiger partial charge in [-0.3, -0.25) is 9.78 Å². The van der Waals surface area contributed by atoms with Gasteiger partial charge in [-0.25, -0.2) is 4.68 Å². The maximum absolute atomic E-state index is 11.4. The first-order valence-electron chi connectivity index (χ1n) is 3.55. The molecule has 0 unspecified atom stereocenters. The summed E-state index contributed by atoms with van der Waals surface area (Å²) in [4.78, 5) is 15.3. The number of aromatic nitrogens is 3. The molecule has 2 rings (SSSR count). The summed E-state index contributed by atoms with van der Waals surface area (Å²) in [7, 11) is 1.62. The molecule has 0 radical (unpaired) electrons. The van der Waals surface area contributed by atoms with Crippen LogP contribution in [0.5, 0.6) is 0 Å². The molecule has 0 aromatic carbocycles. The Hall–Kier alpha value is -1.71. The van der Waals surface area contributed by atoms with Gasteiger partial charge in [-0.1, -0.05) is 0 Å². The van der Waals surface area contributed by atoms with Gasteiger partial charge in [0.25, 0.3) is 5.56 Å². The van der Waals surface area contributed by atoms with Crippen molar-refractivity contribution in [2.75, 3.05) is 0 Å². The Morgan fingerprint density at radius 2 is 2.25 bits per heavy atom. The van der Waals surface area contributed by atoms with Gasteiger partial charge in [-0.05, 0) is 6.07 Å². The molecule has 0 atom stereocenters. The normalized spacial score (nSPS) is 10.4. The van der Waals surface area contributed by atoms with E-state index in [2.05, 4.69) is 10.1 Å². The van der Waals surface area contributed by atoms with Crippen LogP contribution in [-0.4, -0.2) is 14.8 Å². The van der Waals surface area contributed by atoms with Crippen LogP contribution < -0.4 is 5.56 Å². The quantitative estimate of drug-likeness (QED) is 0.559. The van der Waals surface area contributed by atoms with Crippen molar-refractivity contribution in [3.8, 4) is 0 Å². The fourth-order valence-corrected chi connectivity index (χ4v) is 1.07. The van der Waals surface area contributed by atoms with E-state index in [-0.39, 0.29) is 5.56 Å². The number of nitrogens with zero attached hydrogens (tertiary/aromatic N) is 3. The first-order chi connectivity index (χ1) is 5.79. The molecule has 12 heavy (non-hydrogen) atoms. The number of hydrogen-bond acceptors (Lipinski definition) is 3. The van der Waals surface area contributed by atoms with Crippen LogP contribution >= 0.6 is 0 Å². The molecule has 0 aliphatic heterocycles. The largest absolute Gasteiger partial charge is 0.275 e. The Balaban J connectivity index is 3.01. The third-order valence-corrected chi connectivity index (χ3v) is 1.75. The number of rotatable bonds is 0. The molecule has 0 aliphatic carbocycles. The highest BCUT2D eigenvalue weighted by molar-refractivity contribution is 5.79. The summed E-state index contributed by atoms with van der Waals surface area (Å²) >= 11 is 0. The van der Waals surface area contributed by atoms with Crippen LogP contribution in [0.4, 0.5) is 0 Å². The third-order valence-electron chi connectivity index (χ3n) is 1.75. The smallest absolute Gasteiger partial charge is 0.267 e. The van der Waals surface area contributed by atoms with Crippen LogP contribution in [0.3, 0.4) is 0 Å². The first-order valence-corrected chi connectivity index (χ1v) is 3.55. The molecular formula is C8H7N3O. The standard InChI is InChI=1S/C8H7N3O/c1-11-8(12)7-5-9-3-2-6(7)4-10-11/h2-5H,1H3. The Labute approximate surface area is 68.5 Å². The van der Waals surface area contributed by atoms with Crippen LogP contribution in [-0.2, 0) is 7.05 Å². The summed E-state index contributed by atoms with van der Waals surface area (Å²) in [5, 5.41) is 5.32. The number of hydrogen-bond donors (Lipinski definition) is 0. The van der Waals surface area contributed by atoms with Crippen molar-refractivity contribution in [2.45, 2.75) is 0 Å². The zero-order chi connectivity index (χ0) is 8.55. The molecule has 4 nitrogen and oxygen atoms in total. The SMILES string of the molecule is Cn1ncc2ccncc2c1=O. The highest BCUT2D eigenvalue weighted by atomic mass is 16.1. The molecule has 0 fully saturated rings. The predicted molar refractivity (Wildman–Crippen MR) is 44.8 cm³/mol. The monoisotopic (exact) mass is 161 g/mol. The van der Waals surface area contributed by atoms with E-state index in [0.717, 1.165) is 5.39 Å². The Kier molecular flexibility index (Phi) is 1.40. The maximum Gasteiger partial charge on any atom is 0.275 e. The molecular weight excluding hydrogens is 154 g/mol. The average Bonchev–Trinajstić information content (AvgIpc) is 2.12. The Morgan fingerprint density at radius 1 is 1.42 bits per heavy atom. The van der Waals surface area contributed by atoms with Gasteiger partial charge in [0, 0.05) is 24.8 Å². The van der Waals surface area contributed by atoms with Crippen LogP contribution in [0.15, 0.2) is 29.5 Å². The summed E-state index contributed by atoms with van der Waals surface area (Å²) in [6, 6.07) is 1.77. The molecule has 0 saturated heterocycles. The minimum atomic E-state index is -0.111. The molecule has 0 N–H and O–H groups in total. The molecule has 0 saturated carbocycles. The van der Waals surface area contributed by atoms with Crippen molar-refractivity contribution in [3.63, 3.8) is 0 Å². The van der Waals surface area contributed by atoms with Crippen molar-refractivity contribution < 1.29 is 0 Å². The van der Waals surface area contributed by atoms with Crippen LogP contribution in [0.1, 0.15) is 0 Å². The zero-order valence-corrected chi connectivity index (χ0v) is 6.56. The lowest BCUT2D eigenvalue weighted by atomic mass is 10.2. The summed E-state index contributed by atoms with van der Waals surface area (Å²) in [5.74, 6) is 0. The van der Waals surface area contributed by atoms with Gasteiger partial charge in [0.05, 0.1) is 11.6 Å². The molecule has 2 aromatic rings. The Bertz CT molecular complexity index is 475. The van der Waals surface area contributed by atoms with E-state index in [1.54, 1.807) is 31.7 Å². The van der Waals surface area contributed by atoms with Gasteiger partial charge in [-0.2, -0.15) is 5.10 Å². The molecule has 60 valence electrons. The van der Waals surface area contributed by atoms with Crippen molar-refractivity contribution >= 4 is 10.8 Å². The minimum absolute atomic E-state index is 0.111. The molecule has 0 bridgehead atoms. The van der Waals surface area contributed by atoms with E-state index in [1.807, 2.05) is 0 Å². The molecule has 2 heterocycles. The van der Waals surface area contributed by atoms with Gasteiger partial charge < -0.3 is 0 Å². The van der Waals surface area contributed by atoms with Crippen molar-refractivity contribution in [3.05, 3.63) is 35.0 Å². The second-order valence-electron chi connectivity index (χ2n) is 2.54. The molecule has 0 amide bonds. The highest BCUT2D eigenvalue weighted by Gasteiger charge is 1.98.